The van der Waals surface area contributed by atoms with Crippen molar-refractivity contribution in [3.63, 3.8) is 0 Å². The van der Waals surface area contributed by atoms with Gasteiger partial charge in [0.25, 0.3) is 0 Å². The molecule has 22 heavy (non-hydrogen) atoms. The van der Waals surface area contributed by atoms with Gasteiger partial charge in [-0.1, -0.05) is 32.4 Å². The lowest BCUT2D eigenvalue weighted by Gasteiger charge is -2.23. The van der Waals surface area contributed by atoms with E-state index < -0.39 is 10.0 Å². The average Bonchev–Trinajstić information content (AvgIpc) is 2.44. The van der Waals surface area contributed by atoms with Gasteiger partial charge in [-0.2, -0.15) is 0 Å². The number of hydrogen-bond acceptors (Lipinski definition) is 3. The summed E-state index contributed by atoms with van der Waals surface area (Å²) in [6, 6.07) is 7.28. The number of amides is 1. The van der Waals surface area contributed by atoms with Crippen LogP contribution in [0.15, 0.2) is 24.3 Å². The molecule has 0 saturated carbocycles. The lowest BCUT2D eigenvalue weighted by atomic mass is 10.1. The standard InChI is InChI=1S/C16H26N2O3S/c1-5-7-13(3)17-16(19)12-18(22(4,20)21)15-10-8-14(6-2)9-11-15/h8-11,13H,5-7,12H2,1-4H3,(H,17,19)/t13-/m1/s1. The van der Waals surface area contributed by atoms with E-state index in [1.165, 1.54) is 0 Å². The summed E-state index contributed by atoms with van der Waals surface area (Å²) >= 11 is 0. The molecule has 6 heteroatoms. The summed E-state index contributed by atoms with van der Waals surface area (Å²) in [5, 5.41) is 2.83. The molecule has 1 aromatic carbocycles. The van der Waals surface area contributed by atoms with Crippen LogP contribution in [0.2, 0.25) is 0 Å². The van der Waals surface area contributed by atoms with Crippen molar-refractivity contribution in [2.75, 3.05) is 17.1 Å². The van der Waals surface area contributed by atoms with Crippen molar-refractivity contribution in [2.24, 2.45) is 0 Å². The first-order valence-corrected chi connectivity index (χ1v) is 9.48. The van der Waals surface area contributed by atoms with Gasteiger partial charge in [0.15, 0.2) is 0 Å². The Morgan fingerprint density at radius 1 is 1.23 bits per heavy atom. The third-order valence-corrected chi connectivity index (χ3v) is 4.59. The van der Waals surface area contributed by atoms with Gasteiger partial charge in [-0.15, -0.1) is 0 Å². The zero-order valence-electron chi connectivity index (χ0n) is 13.8. The van der Waals surface area contributed by atoms with E-state index in [-0.39, 0.29) is 18.5 Å². The third-order valence-electron chi connectivity index (χ3n) is 3.45. The van der Waals surface area contributed by atoms with Crippen LogP contribution in [0.4, 0.5) is 5.69 Å². The molecule has 1 amide bonds. The molecule has 1 aromatic rings. The third kappa shape index (κ3) is 5.67. The number of carbonyl (C=O) groups excluding carboxylic acids is 1. The summed E-state index contributed by atoms with van der Waals surface area (Å²) in [6.45, 7) is 5.80. The molecule has 5 nitrogen and oxygen atoms in total. The molecule has 0 spiro atoms. The van der Waals surface area contributed by atoms with Crippen molar-refractivity contribution in [1.29, 1.82) is 0 Å². The predicted octanol–water partition coefficient (Wildman–Crippen LogP) is 2.32. The molecule has 0 saturated heterocycles. The van der Waals surface area contributed by atoms with Crippen LogP contribution in [-0.4, -0.2) is 33.2 Å². The Kier molecular flexibility index (Phi) is 6.87. The first-order chi connectivity index (χ1) is 10.3. The minimum Gasteiger partial charge on any atom is -0.352 e. The van der Waals surface area contributed by atoms with Crippen LogP contribution in [0.5, 0.6) is 0 Å². The molecule has 0 aliphatic rings. The lowest BCUT2D eigenvalue weighted by Crippen LogP contribution is -2.43. The number of benzene rings is 1. The van der Waals surface area contributed by atoms with Crippen molar-refractivity contribution < 1.29 is 13.2 Å². The molecule has 0 heterocycles. The Balaban J connectivity index is 2.88. The summed E-state index contributed by atoms with van der Waals surface area (Å²) in [7, 11) is -3.51. The highest BCUT2D eigenvalue weighted by Gasteiger charge is 2.21. The Morgan fingerprint density at radius 3 is 2.27 bits per heavy atom. The molecule has 1 atom stereocenters. The number of sulfonamides is 1. The van der Waals surface area contributed by atoms with Crippen LogP contribution >= 0.6 is 0 Å². The predicted molar refractivity (Wildman–Crippen MR) is 90.5 cm³/mol. The number of carbonyl (C=O) groups is 1. The average molecular weight is 326 g/mol. The maximum absolute atomic E-state index is 12.1. The van der Waals surface area contributed by atoms with Crippen LogP contribution in [-0.2, 0) is 21.2 Å². The summed E-state index contributed by atoms with van der Waals surface area (Å²) in [5.41, 5.74) is 1.64. The lowest BCUT2D eigenvalue weighted by molar-refractivity contribution is -0.120. The van der Waals surface area contributed by atoms with Crippen LogP contribution in [0.1, 0.15) is 39.2 Å². The molecule has 0 aliphatic carbocycles. The van der Waals surface area contributed by atoms with Crippen molar-refractivity contribution in [2.45, 2.75) is 46.1 Å². The number of nitrogens with one attached hydrogen (secondary N) is 1. The first-order valence-electron chi connectivity index (χ1n) is 7.64. The van der Waals surface area contributed by atoms with Crippen molar-refractivity contribution in [1.82, 2.24) is 5.32 Å². The van der Waals surface area contributed by atoms with Crippen molar-refractivity contribution in [3.8, 4) is 0 Å². The van der Waals surface area contributed by atoms with E-state index in [1.807, 2.05) is 32.9 Å². The summed E-state index contributed by atoms with van der Waals surface area (Å²) in [6.07, 6.45) is 3.84. The molecule has 0 aliphatic heterocycles. The molecule has 0 unspecified atom stereocenters. The van der Waals surface area contributed by atoms with Crippen molar-refractivity contribution in [3.05, 3.63) is 29.8 Å². The highest BCUT2D eigenvalue weighted by Crippen LogP contribution is 2.18. The number of rotatable bonds is 8. The molecule has 124 valence electrons. The fourth-order valence-corrected chi connectivity index (χ4v) is 3.11. The summed E-state index contributed by atoms with van der Waals surface area (Å²) in [4.78, 5) is 12.1. The van der Waals surface area contributed by atoms with Gasteiger partial charge in [-0.05, 0) is 37.5 Å². The Bertz CT molecular complexity index is 582. The number of nitrogens with zero attached hydrogens (tertiary/aromatic N) is 1. The molecular weight excluding hydrogens is 300 g/mol. The van der Waals surface area contributed by atoms with Gasteiger partial charge < -0.3 is 5.32 Å². The van der Waals surface area contributed by atoms with Crippen LogP contribution in [0.25, 0.3) is 0 Å². The van der Waals surface area contributed by atoms with E-state index in [4.69, 9.17) is 0 Å². The summed E-state index contributed by atoms with van der Waals surface area (Å²) < 4.78 is 25.1. The zero-order valence-corrected chi connectivity index (χ0v) is 14.6. The number of hydrogen-bond donors (Lipinski definition) is 1. The second kappa shape index (κ2) is 8.17. The fraction of sp³-hybridized carbons (Fsp3) is 0.562. The molecular formula is C16H26N2O3S. The Morgan fingerprint density at radius 2 is 1.82 bits per heavy atom. The second-order valence-corrected chi connectivity index (χ2v) is 7.45. The minimum atomic E-state index is -3.51. The van der Waals surface area contributed by atoms with Gasteiger partial charge in [-0.25, -0.2) is 8.42 Å². The van der Waals surface area contributed by atoms with Crippen LogP contribution < -0.4 is 9.62 Å². The van der Waals surface area contributed by atoms with E-state index in [1.54, 1.807) is 12.1 Å². The van der Waals surface area contributed by atoms with Gasteiger partial charge in [-0.3, -0.25) is 9.10 Å². The maximum Gasteiger partial charge on any atom is 0.240 e. The molecule has 0 fully saturated rings. The number of anilines is 1. The highest BCUT2D eigenvalue weighted by atomic mass is 32.2. The molecule has 0 bridgehead atoms. The van der Waals surface area contributed by atoms with Gasteiger partial charge in [0, 0.05) is 6.04 Å². The quantitative estimate of drug-likeness (QED) is 0.797. The Hall–Kier alpha value is -1.56. The molecule has 1 N–H and O–H groups in total. The van der Waals surface area contributed by atoms with E-state index in [9.17, 15) is 13.2 Å². The second-order valence-electron chi connectivity index (χ2n) is 5.55. The summed E-state index contributed by atoms with van der Waals surface area (Å²) in [5.74, 6) is -0.286. The first kappa shape index (κ1) is 18.5. The van der Waals surface area contributed by atoms with Gasteiger partial charge in [0.1, 0.15) is 6.54 Å². The van der Waals surface area contributed by atoms with E-state index in [0.717, 1.165) is 35.4 Å². The van der Waals surface area contributed by atoms with Crippen molar-refractivity contribution >= 4 is 21.6 Å². The highest BCUT2D eigenvalue weighted by molar-refractivity contribution is 7.92. The topological polar surface area (TPSA) is 66.5 Å². The zero-order chi connectivity index (χ0) is 16.8. The minimum absolute atomic E-state index is 0.0429. The maximum atomic E-state index is 12.1. The van der Waals surface area contributed by atoms with Gasteiger partial charge in [0.2, 0.25) is 15.9 Å². The molecule has 0 aromatic heterocycles. The fourth-order valence-electron chi connectivity index (χ4n) is 2.25. The number of aryl methyl sites for hydroxylation is 1. The normalized spacial score (nSPS) is 12.7. The van der Waals surface area contributed by atoms with E-state index in [0.29, 0.717) is 5.69 Å². The monoisotopic (exact) mass is 326 g/mol. The van der Waals surface area contributed by atoms with Crippen LogP contribution in [0.3, 0.4) is 0 Å². The van der Waals surface area contributed by atoms with E-state index >= 15 is 0 Å². The smallest absolute Gasteiger partial charge is 0.240 e. The van der Waals surface area contributed by atoms with Crippen LogP contribution in [0, 0.1) is 0 Å². The molecule has 0 radical (unpaired) electrons. The Labute approximate surface area is 133 Å². The van der Waals surface area contributed by atoms with Gasteiger partial charge in [0.05, 0.1) is 11.9 Å². The van der Waals surface area contributed by atoms with E-state index in [2.05, 4.69) is 5.32 Å². The largest absolute Gasteiger partial charge is 0.352 e. The molecule has 1 rings (SSSR count). The SMILES string of the molecule is CCC[C@@H](C)NC(=O)CN(c1ccc(CC)cc1)S(C)(=O)=O. The van der Waals surface area contributed by atoms with Gasteiger partial charge >= 0.3 is 0 Å².